The van der Waals surface area contributed by atoms with E-state index < -0.39 is 26.1 Å². The van der Waals surface area contributed by atoms with Crippen molar-refractivity contribution in [1.29, 1.82) is 0 Å². The Bertz CT molecular complexity index is 464. The Labute approximate surface area is 94.4 Å². The lowest BCUT2D eigenvalue weighted by molar-refractivity contribution is 0.147. The van der Waals surface area contributed by atoms with E-state index in [4.69, 9.17) is 22.3 Å². The maximum absolute atomic E-state index is 12.4. The number of hydrogen-bond acceptors (Lipinski definition) is 3. The Kier molecular flexibility index (Phi) is 3.86. The van der Waals surface area contributed by atoms with Crippen LogP contribution in [0.15, 0.2) is 17.2 Å². The Morgan fingerprint density at radius 3 is 2.40 bits per heavy atom. The molecule has 1 rings (SSSR count). The second-order valence-corrected chi connectivity index (χ2v) is 5.32. The van der Waals surface area contributed by atoms with Crippen LogP contribution in [0.3, 0.4) is 0 Å². The van der Waals surface area contributed by atoms with Gasteiger partial charge in [0.15, 0.2) is 5.03 Å². The standard InChI is InChI=1S/C7H5Cl2F2NO2S/c8-3-4-1-2-5(6(10)11)7(12-4)15(9,13)14/h1-2,6H,3H2. The molecule has 3 nitrogen and oxygen atoms in total. The molecule has 0 aliphatic rings. The highest BCUT2D eigenvalue weighted by atomic mass is 35.7. The predicted octanol–water partition coefficient (Wildman–Crippen LogP) is 2.69. The molecule has 0 unspecified atom stereocenters. The summed E-state index contributed by atoms with van der Waals surface area (Å²) in [6.45, 7) is 0. The summed E-state index contributed by atoms with van der Waals surface area (Å²) in [5, 5.41) is -0.836. The first kappa shape index (κ1) is 12.6. The van der Waals surface area contributed by atoms with Crippen molar-refractivity contribution in [2.24, 2.45) is 0 Å². The van der Waals surface area contributed by atoms with Crippen LogP contribution >= 0.6 is 22.3 Å². The maximum atomic E-state index is 12.4. The predicted molar refractivity (Wildman–Crippen MR) is 51.8 cm³/mol. The third-order valence-electron chi connectivity index (χ3n) is 1.55. The van der Waals surface area contributed by atoms with Crippen molar-refractivity contribution in [2.45, 2.75) is 17.3 Å². The minimum atomic E-state index is -4.29. The molecular weight excluding hydrogens is 271 g/mol. The highest BCUT2D eigenvalue weighted by Gasteiger charge is 2.23. The molecule has 8 heteroatoms. The van der Waals surface area contributed by atoms with Gasteiger partial charge in [-0.05, 0) is 12.1 Å². The molecule has 0 radical (unpaired) electrons. The lowest BCUT2D eigenvalue weighted by atomic mass is 10.2. The molecule has 1 heterocycles. The summed E-state index contributed by atoms with van der Waals surface area (Å²) >= 11 is 5.39. The van der Waals surface area contributed by atoms with Gasteiger partial charge in [0.2, 0.25) is 0 Å². The van der Waals surface area contributed by atoms with Crippen molar-refractivity contribution in [1.82, 2.24) is 4.98 Å². The molecule has 1 aromatic heterocycles. The smallest absolute Gasteiger partial charge is 0.238 e. The number of pyridine rings is 1. The number of alkyl halides is 3. The molecule has 0 saturated heterocycles. The third-order valence-corrected chi connectivity index (χ3v) is 3.05. The minimum Gasteiger partial charge on any atom is -0.238 e. The van der Waals surface area contributed by atoms with Crippen molar-refractivity contribution in [3.8, 4) is 0 Å². The molecule has 0 aliphatic carbocycles. The molecule has 0 N–H and O–H groups in total. The number of aromatic nitrogens is 1. The fourth-order valence-corrected chi connectivity index (χ4v) is 2.11. The third kappa shape index (κ3) is 2.99. The molecule has 0 aliphatic heterocycles. The van der Waals surface area contributed by atoms with Crippen molar-refractivity contribution in [3.63, 3.8) is 0 Å². The summed E-state index contributed by atoms with van der Waals surface area (Å²) in [5.74, 6) is -0.0804. The molecule has 84 valence electrons. The zero-order valence-corrected chi connectivity index (χ0v) is 9.45. The van der Waals surface area contributed by atoms with Crippen LogP contribution in [0.2, 0.25) is 0 Å². The zero-order chi connectivity index (χ0) is 11.6. The number of nitrogens with zero attached hydrogens (tertiary/aromatic N) is 1. The second-order valence-electron chi connectivity index (χ2n) is 2.57. The first-order valence-corrected chi connectivity index (χ1v) is 6.49. The first-order valence-electron chi connectivity index (χ1n) is 3.65. The topological polar surface area (TPSA) is 47.0 Å². The van der Waals surface area contributed by atoms with Crippen LogP contribution in [0.4, 0.5) is 8.78 Å². The van der Waals surface area contributed by atoms with E-state index in [1.165, 1.54) is 6.07 Å². The van der Waals surface area contributed by atoms with Gasteiger partial charge in [0, 0.05) is 10.7 Å². The van der Waals surface area contributed by atoms with Crippen LogP contribution in [0.1, 0.15) is 17.7 Å². The van der Waals surface area contributed by atoms with Gasteiger partial charge in [0.25, 0.3) is 15.5 Å². The van der Waals surface area contributed by atoms with E-state index in [2.05, 4.69) is 4.98 Å². The fraction of sp³-hybridized carbons (Fsp3) is 0.286. The average Bonchev–Trinajstić information content (AvgIpc) is 2.15. The van der Waals surface area contributed by atoms with Crippen LogP contribution in [0, 0.1) is 0 Å². The van der Waals surface area contributed by atoms with Gasteiger partial charge in [-0.15, -0.1) is 11.6 Å². The van der Waals surface area contributed by atoms with E-state index in [1.807, 2.05) is 0 Å². The van der Waals surface area contributed by atoms with Crippen LogP contribution in [-0.4, -0.2) is 13.4 Å². The van der Waals surface area contributed by atoms with Gasteiger partial charge in [0.05, 0.1) is 17.1 Å². The van der Waals surface area contributed by atoms with E-state index in [1.54, 1.807) is 0 Å². The fourth-order valence-electron chi connectivity index (χ4n) is 0.925. The van der Waals surface area contributed by atoms with Crippen molar-refractivity contribution >= 4 is 31.3 Å². The molecule has 0 fully saturated rings. The molecule has 0 amide bonds. The Morgan fingerprint density at radius 2 is 2.00 bits per heavy atom. The highest BCUT2D eigenvalue weighted by molar-refractivity contribution is 8.13. The maximum Gasteiger partial charge on any atom is 0.279 e. The molecule has 0 atom stereocenters. The van der Waals surface area contributed by atoms with Gasteiger partial charge in [-0.3, -0.25) is 0 Å². The summed E-state index contributed by atoms with van der Waals surface area (Å²) in [7, 11) is 0.681. The van der Waals surface area contributed by atoms with E-state index in [0.29, 0.717) is 0 Å². The molecule has 15 heavy (non-hydrogen) atoms. The quantitative estimate of drug-likeness (QED) is 0.630. The SMILES string of the molecule is O=S(=O)(Cl)c1nc(CCl)ccc1C(F)F. The molecule has 0 bridgehead atoms. The molecule has 0 aromatic carbocycles. The van der Waals surface area contributed by atoms with Crippen molar-refractivity contribution < 1.29 is 17.2 Å². The first-order chi connectivity index (χ1) is 6.86. The summed E-state index contributed by atoms with van der Waals surface area (Å²) in [5.41, 5.74) is -0.556. The number of hydrogen-bond donors (Lipinski definition) is 0. The van der Waals surface area contributed by atoms with Crippen LogP contribution in [0.5, 0.6) is 0 Å². The summed E-state index contributed by atoms with van der Waals surface area (Å²) in [4.78, 5) is 3.45. The van der Waals surface area contributed by atoms with Gasteiger partial charge in [0.1, 0.15) is 0 Å². The molecule has 0 spiro atoms. The van der Waals surface area contributed by atoms with Gasteiger partial charge in [-0.1, -0.05) is 0 Å². The Balaban J connectivity index is 3.43. The Hall–Kier alpha value is -0.460. The van der Waals surface area contributed by atoms with Gasteiger partial charge in [-0.25, -0.2) is 22.2 Å². The lowest BCUT2D eigenvalue weighted by Crippen LogP contribution is -2.04. The van der Waals surface area contributed by atoms with E-state index in [0.717, 1.165) is 6.07 Å². The van der Waals surface area contributed by atoms with Crippen molar-refractivity contribution in [2.75, 3.05) is 0 Å². The lowest BCUT2D eigenvalue weighted by Gasteiger charge is -2.05. The molecule has 0 saturated carbocycles. The van der Waals surface area contributed by atoms with Gasteiger partial charge in [-0.2, -0.15) is 0 Å². The Morgan fingerprint density at radius 1 is 1.40 bits per heavy atom. The normalized spacial score (nSPS) is 12.1. The second kappa shape index (κ2) is 4.59. The van der Waals surface area contributed by atoms with Crippen LogP contribution in [0.25, 0.3) is 0 Å². The summed E-state index contributed by atoms with van der Waals surface area (Å²) < 4.78 is 46.7. The molecule has 1 aromatic rings. The number of halogens is 4. The number of rotatable bonds is 3. The average molecular weight is 276 g/mol. The zero-order valence-electron chi connectivity index (χ0n) is 7.12. The van der Waals surface area contributed by atoms with E-state index in [-0.39, 0.29) is 11.6 Å². The van der Waals surface area contributed by atoms with Crippen molar-refractivity contribution in [3.05, 3.63) is 23.4 Å². The van der Waals surface area contributed by atoms with Crippen LogP contribution in [-0.2, 0) is 14.9 Å². The summed E-state index contributed by atoms with van der Waals surface area (Å²) in [6.07, 6.45) is -2.95. The van der Waals surface area contributed by atoms with Gasteiger partial charge < -0.3 is 0 Å². The van der Waals surface area contributed by atoms with Crippen LogP contribution < -0.4 is 0 Å². The molecular formula is C7H5Cl2F2NO2S. The summed E-state index contributed by atoms with van der Waals surface area (Å²) in [6, 6.07) is 2.17. The monoisotopic (exact) mass is 275 g/mol. The van der Waals surface area contributed by atoms with Gasteiger partial charge >= 0.3 is 0 Å². The largest absolute Gasteiger partial charge is 0.279 e. The highest BCUT2D eigenvalue weighted by Crippen LogP contribution is 2.27. The van der Waals surface area contributed by atoms with E-state index in [9.17, 15) is 17.2 Å². The van der Waals surface area contributed by atoms with E-state index >= 15 is 0 Å². The minimum absolute atomic E-state index is 0.0804.